The minimum absolute atomic E-state index is 0.00292. The first-order valence-corrected chi connectivity index (χ1v) is 5.61. The van der Waals surface area contributed by atoms with Crippen molar-refractivity contribution in [3.63, 3.8) is 0 Å². The van der Waals surface area contributed by atoms with Gasteiger partial charge >= 0.3 is 0 Å². The zero-order chi connectivity index (χ0) is 12.2. The molecule has 0 saturated carbocycles. The van der Waals surface area contributed by atoms with Gasteiger partial charge in [-0.15, -0.1) is 0 Å². The van der Waals surface area contributed by atoms with Crippen molar-refractivity contribution in [2.45, 2.75) is 38.8 Å². The zero-order valence-electron chi connectivity index (χ0n) is 10.4. The second-order valence-electron chi connectivity index (χ2n) is 4.46. The molecule has 1 atom stereocenters. The first kappa shape index (κ1) is 12.9. The molecule has 1 rings (SSSR count). The molecule has 1 aliphatic carbocycles. The number of hydrogen-bond acceptors (Lipinski definition) is 3. The second-order valence-corrected chi connectivity index (χ2v) is 4.46. The monoisotopic (exact) mass is 223 g/mol. The number of hydrogen-bond donors (Lipinski definition) is 3. The van der Waals surface area contributed by atoms with Crippen molar-refractivity contribution in [3.05, 3.63) is 23.8 Å². The molecule has 0 aromatic carbocycles. The molecule has 0 aromatic rings. The highest BCUT2D eigenvalue weighted by Crippen LogP contribution is 2.20. The number of hydrazine groups is 1. The summed E-state index contributed by atoms with van der Waals surface area (Å²) in [5, 5.41) is 2.93. The summed E-state index contributed by atoms with van der Waals surface area (Å²) in [6.45, 7) is 5.94. The summed E-state index contributed by atoms with van der Waals surface area (Å²) in [5.74, 6) is -0.00292. The Balaban J connectivity index is 2.82. The average molecular weight is 223 g/mol. The van der Waals surface area contributed by atoms with Gasteiger partial charge in [-0.1, -0.05) is 23.8 Å². The largest absolute Gasteiger partial charge is 0.352 e. The smallest absolute Gasteiger partial charge is 0.246 e. The van der Waals surface area contributed by atoms with Crippen LogP contribution in [0.15, 0.2) is 23.8 Å². The van der Waals surface area contributed by atoms with E-state index in [9.17, 15) is 4.79 Å². The van der Waals surface area contributed by atoms with E-state index < -0.39 is 5.54 Å². The Labute approximate surface area is 97.1 Å². The Morgan fingerprint density at radius 2 is 2.19 bits per heavy atom. The van der Waals surface area contributed by atoms with Crippen LogP contribution in [0.1, 0.15) is 27.2 Å². The van der Waals surface area contributed by atoms with Crippen LogP contribution < -0.4 is 16.2 Å². The molecule has 0 fully saturated rings. The van der Waals surface area contributed by atoms with E-state index >= 15 is 0 Å². The predicted octanol–water partition coefficient (Wildman–Crippen LogP) is 0.880. The van der Waals surface area contributed by atoms with Gasteiger partial charge in [0.1, 0.15) is 5.54 Å². The third kappa shape index (κ3) is 2.93. The fraction of sp³-hybridized carbons (Fsp3) is 0.583. The maximum atomic E-state index is 12.1. The third-order valence-electron chi connectivity index (χ3n) is 2.55. The molecule has 0 aromatic heterocycles. The van der Waals surface area contributed by atoms with Crippen LogP contribution >= 0.6 is 0 Å². The minimum Gasteiger partial charge on any atom is -0.352 e. The maximum absolute atomic E-state index is 12.1. The lowest BCUT2D eigenvalue weighted by molar-refractivity contribution is -0.126. The molecule has 0 heterocycles. The molecule has 0 radical (unpaired) electrons. The molecule has 0 bridgehead atoms. The van der Waals surface area contributed by atoms with Crippen LogP contribution in [0, 0.1) is 0 Å². The summed E-state index contributed by atoms with van der Waals surface area (Å²) in [5.41, 5.74) is 6.40. The van der Waals surface area contributed by atoms with E-state index in [1.54, 1.807) is 7.05 Å². The third-order valence-corrected chi connectivity index (χ3v) is 2.55. The summed E-state index contributed by atoms with van der Waals surface area (Å²) in [7, 11) is 1.77. The van der Waals surface area contributed by atoms with Gasteiger partial charge in [-0.3, -0.25) is 10.2 Å². The van der Waals surface area contributed by atoms with Crippen molar-refractivity contribution in [2.24, 2.45) is 0 Å². The van der Waals surface area contributed by atoms with E-state index in [4.69, 9.17) is 0 Å². The number of carbonyl (C=O) groups is 1. The van der Waals surface area contributed by atoms with E-state index in [1.807, 2.05) is 32.9 Å². The molecule has 4 nitrogen and oxygen atoms in total. The first-order chi connectivity index (χ1) is 7.50. The fourth-order valence-corrected chi connectivity index (χ4v) is 1.66. The van der Waals surface area contributed by atoms with Crippen molar-refractivity contribution >= 4 is 5.91 Å². The van der Waals surface area contributed by atoms with E-state index in [-0.39, 0.29) is 11.9 Å². The van der Waals surface area contributed by atoms with Crippen molar-refractivity contribution in [3.8, 4) is 0 Å². The minimum atomic E-state index is -0.668. The Morgan fingerprint density at radius 1 is 1.50 bits per heavy atom. The van der Waals surface area contributed by atoms with Gasteiger partial charge in [-0.05, 0) is 34.2 Å². The molecule has 16 heavy (non-hydrogen) atoms. The van der Waals surface area contributed by atoms with Gasteiger partial charge in [0.2, 0.25) is 5.91 Å². The molecular formula is C12H21N3O. The van der Waals surface area contributed by atoms with Gasteiger partial charge in [0, 0.05) is 6.04 Å². The topological polar surface area (TPSA) is 53.2 Å². The van der Waals surface area contributed by atoms with Crippen LogP contribution in [0.3, 0.4) is 0 Å². The van der Waals surface area contributed by atoms with Crippen molar-refractivity contribution in [2.75, 3.05) is 7.05 Å². The summed E-state index contributed by atoms with van der Waals surface area (Å²) in [6.07, 6.45) is 6.60. The van der Waals surface area contributed by atoms with Crippen molar-refractivity contribution in [1.29, 1.82) is 0 Å². The molecule has 0 spiro atoms. The number of amides is 1. The highest BCUT2D eigenvalue weighted by Gasteiger charge is 2.35. The normalized spacial score (nSPS) is 24.4. The molecule has 4 heteroatoms. The summed E-state index contributed by atoms with van der Waals surface area (Å²) >= 11 is 0. The lowest BCUT2D eigenvalue weighted by Crippen LogP contribution is -2.60. The lowest BCUT2D eigenvalue weighted by atomic mass is 9.88. The molecule has 1 aliphatic rings. The number of allylic oxidation sites excluding steroid dienone is 2. The Kier molecular flexibility index (Phi) is 4.26. The van der Waals surface area contributed by atoms with E-state index in [0.29, 0.717) is 6.42 Å². The van der Waals surface area contributed by atoms with Crippen LogP contribution in [0.5, 0.6) is 0 Å². The number of carbonyl (C=O) groups excluding carboxylic acids is 1. The number of rotatable bonds is 4. The molecule has 3 N–H and O–H groups in total. The van der Waals surface area contributed by atoms with Crippen LogP contribution in [0.25, 0.3) is 0 Å². The van der Waals surface area contributed by atoms with E-state index in [2.05, 4.69) is 22.2 Å². The van der Waals surface area contributed by atoms with Crippen LogP contribution in [0.4, 0.5) is 0 Å². The molecule has 1 unspecified atom stereocenters. The first-order valence-electron chi connectivity index (χ1n) is 5.61. The van der Waals surface area contributed by atoms with Crippen LogP contribution in [-0.2, 0) is 4.79 Å². The molecule has 0 aliphatic heterocycles. The maximum Gasteiger partial charge on any atom is 0.246 e. The standard InChI is InChI=1S/C12H21N3O/c1-9(2)14-11(16)12(15-13-4)7-5-10(3)6-8-12/h5-7,9,13,15H,8H2,1-4H3,(H,14,16). The highest BCUT2D eigenvalue weighted by atomic mass is 16.2. The van der Waals surface area contributed by atoms with Crippen molar-refractivity contribution in [1.82, 2.24) is 16.2 Å². The zero-order valence-corrected chi connectivity index (χ0v) is 10.4. The van der Waals surface area contributed by atoms with Gasteiger partial charge in [-0.2, -0.15) is 0 Å². The molecule has 0 saturated heterocycles. The van der Waals surface area contributed by atoms with Crippen LogP contribution in [-0.4, -0.2) is 24.5 Å². The predicted molar refractivity (Wildman–Crippen MR) is 65.7 cm³/mol. The fourth-order valence-electron chi connectivity index (χ4n) is 1.66. The second kappa shape index (κ2) is 5.27. The summed E-state index contributed by atoms with van der Waals surface area (Å²) < 4.78 is 0. The van der Waals surface area contributed by atoms with Crippen molar-refractivity contribution < 1.29 is 4.79 Å². The van der Waals surface area contributed by atoms with E-state index in [1.165, 1.54) is 5.57 Å². The quantitative estimate of drug-likeness (QED) is 0.620. The lowest BCUT2D eigenvalue weighted by Gasteiger charge is -2.32. The van der Waals surface area contributed by atoms with Gasteiger partial charge in [0.15, 0.2) is 0 Å². The van der Waals surface area contributed by atoms with Gasteiger partial charge in [0.05, 0.1) is 0 Å². The Morgan fingerprint density at radius 3 is 2.62 bits per heavy atom. The SMILES string of the molecule is CNNC1(C(=O)NC(C)C)C=CC(C)=CC1. The number of nitrogens with one attached hydrogen (secondary N) is 3. The van der Waals surface area contributed by atoms with Gasteiger partial charge < -0.3 is 5.32 Å². The molecule has 1 amide bonds. The van der Waals surface area contributed by atoms with Gasteiger partial charge in [0.25, 0.3) is 0 Å². The highest BCUT2D eigenvalue weighted by molar-refractivity contribution is 5.89. The Hall–Kier alpha value is -1.13. The van der Waals surface area contributed by atoms with Crippen LogP contribution in [0.2, 0.25) is 0 Å². The summed E-state index contributed by atoms with van der Waals surface area (Å²) in [4.78, 5) is 12.1. The van der Waals surface area contributed by atoms with E-state index in [0.717, 1.165) is 0 Å². The average Bonchev–Trinajstić information content (AvgIpc) is 2.21. The van der Waals surface area contributed by atoms with Gasteiger partial charge in [-0.25, -0.2) is 5.43 Å². The molecule has 90 valence electrons. The summed E-state index contributed by atoms with van der Waals surface area (Å²) in [6, 6.07) is 0.142. The molecular weight excluding hydrogens is 202 g/mol. The Bertz CT molecular complexity index is 320.